The van der Waals surface area contributed by atoms with Crippen LogP contribution in [-0.2, 0) is 16.6 Å². The van der Waals surface area contributed by atoms with Gasteiger partial charge in [-0.1, -0.05) is 49.2 Å². The van der Waals surface area contributed by atoms with Gasteiger partial charge in [0.25, 0.3) is 0 Å². The molecule has 3 aliphatic heterocycles. The summed E-state index contributed by atoms with van der Waals surface area (Å²) in [6.07, 6.45) is 6.23. The zero-order valence-electron chi connectivity index (χ0n) is 22.2. The fourth-order valence-corrected chi connectivity index (χ4v) is 7.69. The van der Waals surface area contributed by atoms with E-state index < -0.39 is 11.4 Å². The van der Waals surface area contributed by atoms with Crippen molar-refractivity contribution >= 4 is 22.6 Å². The molecule has 4 fully saturated rings. The quantitative estimate of drug-likeness (QED) is 0.482. The molecule has 4 atom stereocenters. The number of rotatable bonds is 8. The van der Waals surface area contributed by atoms with Gasteiger partial charge in [-0.3, -0.25) is 9.48 Å². The number of piperidine rings is 3. The zero-order valence-corrected chi connectivity index (χ0v) is 22.2. The first-order valence-corrected chi connectivity index (χ1v) is 14.2. The maximum absolute atomic E-state index is 12.8. The summed E-state index contributed by atoms with van der Waals surface area (Å²) < 4.78 is 2.07. The summed E-state index contributed by atoms with van der Waals surface area (Å²) in [4.78, 5) is 25.7. The van der Waals surface area contributed by atoms with Gasteiger partial charge in [0.1, 0.15) is 6.04 Å². The van der Waals surface area contributed by atoms with Gasteiger partial charge in [-0.25, -0.2) is 0 Å². The standard InChI is InChI=1S/C31H38N4O3/c1-34-28(16-27(33-34)24-9-8-21-6-2-3-7-22(21)14-24)26-20-35-13-10-23(26)15-25(35)19-32-29(36)17-31(18-30(37)38)11-4-5-12-31/h2-3,6-9,14,16,23,25-26H,4-5,10-13,15,17-20H2,1H3,(H,32,36)(H,37,38)/t23-,25+,26-/m0/s1. The van der Waals surface area contributed by atoms with E-state index in [1.54, 1.807) is 4.90 Å². The summed E-state index contributed by atoms with van der Waals surface area (Å²) in [6, 6.07) is 17.7. The van der Waals surface area contributed by atoms with Crippen LogP contribution in [0.3, 0.4) is 0 Å². The molecule has 7 heteroatoms. The Morgan fingerprint density at radius 2 is 1.89 bits per heavy atom. The lowest BCUT2D eigenvalue weighted by Crippen LogP contribution is -3.20. The monoisotopic (exact) mass is 514 g/mol. The SMILES string of the molecule is Cn1nc(-c2ccc3ccccc3c2)cc1[C@H]1C[NH+]2CC[C@H]1C[C@@H]2CNC(=O)CC1(CC(=O)[O-])CCCC1. The van der Waals surface area contributed by atoms with Crippen molar-refractivity contribution < 1.29 is 19.6 Å². The minimum Gasteiger partial charge on any atom is -0.550 e. The number of carbonyl (C=O) groups excluding carboxylic acids is 2. The van der Waals surface area contributed by atoms with Crippen LogP contribution in [0.15, 0.2) is 48.5 Å². The smallest absolute Gasteiger partial charge is 0.220 e. The predicted molar refractivity (Wildman–Crippen MR) is 144 cm³/mol. The van der Waals surface area contributed by atoms with Crippen LogP contribution in [0, 0.1) is 11.3 Å². The Bertz CT molecular complexity index is 1340. The summed E-state index contributed by atoms with van der Waals surface area (Å²) in [7, 11) is 2.07. The van der Waals surface area contributed by atoms with E-state index in [1.807, 2.05) is 0 Å². The number of aromatic nitrogens is 2. The minimum atomic E-state index is -1.04. The molecule has 3 aromatic rings. The second-order valence-corrected chi connectivity index (χ2v) is 12.1. The Balaban J connectivity index is 1.10. The average molecular weight is 515 g/mol. The maximum Gasteiger partial charge on any atom is 0.220 e. The molecule has 1 amide bonds. The summed E-state index contributed by atoms with van der Waals surface area (Å²) in [5, 5.41) is 21.8. The number of hydrogen-bond donors (Lipinski definition) is 2. The molecule has 2 aromatic carbocycles. The number of nitrogens with one attached hydrogen (secondary N) is 2. The highest BCUT2D eigenvalue weighted by atomic mass is 16.4. The van der Waals surface area contributed by atoms with Gasteiger partial charge in [-0.15, -0.1) is 0 Å². The van der Waals surface area contributed by atoms with E-state index in [-0.39, 0.29) is 12.3 Å². The molecule has 0 spiro atoms. The number of carbonyl (C=O) groups is 2. The highest BCUT2D eigenvalue weighted by molar-refractivity contribution is 5.86. The lowest BCUT2D eigenvalue weighted by atomic mass is 9.74. The minimum absolute atomic E-state index is 0.00147. The Hall–Kier alpha value is -3.19. The number of amides is 1. The molecule has 1 unspecified atom stereocenters. The Labute approximate surface area is 224 Å². The largest absolute Gasteiger partial charge is 0.550 e. The molecule has 0 radical (unpaired) electrons. The lowest BCUT2D eigenvalue weighted by molar-refractivity contribution is -0.942. The van der Waals surface area contributed by atoms with Crippen LogP contribution in [0.5, 0.6) is 0 Å². The van der Waals surface area contributed by atoms with Gasteiger partial charge in [0.2, 0.25) is 5.91 Å². The average Bonchev–Trinajstić information content (AvgIpc) is 3.53. The van der Waals surface area contributed by atoms with Crippen molar-refractivity contribution in [2.24, 2.45) is 18.4 Å². The first-order valence-electron chi connectivity index (χ1n) is 14.2. The number of fused-ring (bicyclic) bond motifs is 4. The topological polar surface area (TPSA) is 91.5 Å². The van der Waals surface area contributed by atoms with Gasteiger partial charge in [-0.05, 0) is 53.5 Å². The first-order chi connectivity index (χ1) is 18.4. The van der Waals surface area contributed by atoms with Crippen LogP contribution in [0.2, 0.25) is 0 Å². The first kappa shape index (κ1) is 25.1. The molecule has 1 saturated carbocycles. The van der Waals surface area contributed by atoms with Crippen LogP contribution in [0.4, 0.5) is 0 Å². The lowest BCUT2D eigenvalue weighted by Gasteiger charge is -2.47. The normalized spacial score (nSPS) is 26.0. The molecule has 7 rings (SSSR count). The third-order valence-electron chi connectivity index (χ3n) is 9.66. The highest BCUT2D eigenvalue weighted by Gasteiger charge is 2.45. The van der Waals surface area contributed by atoms with E-state index in [9.17, 15) is 14.7 Å². The van der Waals surface area contributed by atoms with Crippen LogP contribution in [-0.4, -0.2) is 47.3 Å². The maximum atomic E-state index is 12.8. The van der Waals surface area contributed by atoms with Crippen molar-refractivity contribution in [1.29, 1.82) is 0 Å². The second kappa shape index (κ2) is 10.2. The van der Waals surface area contributed by atoms with E-state index in [2.05, 4.69) is 65.6 Å². The zero-order chi connectivity index (χ0) is 26.3. The van der Waals surface area contributed by atoms with Crippen molar-refractivity contribution in [2.75, 3.05) is 19.6 Å². The number of quaternary nitrogens is 1. The van der Waals surface area contributed by atoms with Gasteiger partial charge in [0.15, 0.2) is 0 Å². The number of aryl methyl sites for hydroxylation is 1. The molecular formula is C31H38N4O3. The molecule has 4 aliphatic rings. The van der Waals surface area contributed by atoms with Crippen LogP contribution < -0.4 is 15.3 Å². The fourth-order valence-electron chi connectivity index (χ4n) is 7.69. The summed E-state index contributed by atoms with van der Waals surface area (Å²) in [6.45, 7) is 2.88. The van der Waals surface area contributed by atoms with Crippen molar-refractivity contribution in [1.82, 2.24) is 15.1 Å². The molecular weight excluding hydrogens is 476 g/mol. The highest BCUT2D eigenvalue weighted by Crippen LogP contribution is 2.44. The number of aliphatic carboxylic acids is 1. The van der Waals surface area contributed by atoms with E-state index >= 15 is 0 Å². The fraction of sp³-hybridized carbons (Fsp3) is 0.516. The van der Waals surface area contributed by atoms with Crippen LogP contribution in [0.1, 0.15) is 63.0 Å². The molecule has 200 valence electrons. The van der Waals surface area contributed by atoms with E-state index in [4.69, 9.17) is 5.10 Å². The van der Waals surface area contributed by atoms with Crippen LogP contribution >= 0.6 is 0 Å². The third kappa shape index (κ3) is 4.96. The van der Waals surface area contributed by atoms with E-state index in [1.165, 1.54) is 22.9 Å². The number of hydrogen-bond acceptors (Lipinski definition) is 4. The van der Waals surface area contributed by atoms with Gasteiger partial charge in [0, 0.05) is 43.5 Å². The molecule has 7 nitrogen and oxygen atoms in total. The predicted octanol–water partition coefficient (Wildman–Crippen LogP) is 2.21. The summed E-state index contributed by atoms with van der Waals surface area (Å²) in [5.74, 6) is 0.0268. The number of carboxylic acids is 1. The second-order valence-electron chi connectivity index (χ2n) is 12.1. The van der Waals surface area contributed by atoms with E-state index in [0.717, 1.165) is 56.5 Å². The van der Waals surface area contributed by atoms with Crippen molar-refractivity contribution in [3.63, 3.8) is 0 Å². The molecule has 1 aromatic heterocycles. The van der Waals surface area contributed by atoms with Gasteiger partial charge in [0.05, 0.1) is 31.2 Å². The third-order valence-corrected chi connectivity index (χ3v) is 9.66. The summed E-state index contributed by atoms with van der Waals surface area (Å²) in [5.41, 5.74) is 3.08. The Morgan fingerprint density at radius 3 is 2.63 bits per heavy atom. The number of benzene rings is 2. The van der Waals surface area contributed by atoms with E-state index in [0.29, 0.717) is 30.8 Å². The molecule has 4 heterocycles. The van der Waals surface area contributed by atoms with Gasteiger partial charge in [-0.2, -0.15) is 5.10 Å². The molecule has 1 aliphatic carbocycles. The van der Waals surface area contributed by atoms with Gasteiger partial charge >= 0.3 is 0 Å². The van der Waals surface area contributed by atoms with Crippen molar-refractivity contribution in [3.8, 4) is 11.3 Å². The molecule has 3 saturated heterocycles. The van der Waals surface area contributed by atoms with Gasteiger partial charge < -0.3 is 20.1 Å². The molecule has 38 heavy (non-hydrogen) atoms. The number of nitrogens with zero attached hydrogens (tertiary/aromatic N) is 2. The Kier molecular flexibility index (Phi) is 6.72. The Morgan fingerprint density at radius 1 is 1.11 bits per heavy atom. The van der Waals surface area contributed by atoms with Crippen molar-refractivity contribution in [2.45, 2.75) is 63.3 Å². The van der Waals surface area contributed by atoms with Crippen LogP contribution in [0.25, 0.3) is 22.0 Å². The molecule has 2 bridgehead atoms. The number of carboxylic acid groups (broad SMARTS) is 1. The summed E-state index contributed by atoms with van der Waals surface area (Å²) >= 11 is 0. The molecule has 2 N–H and O–H groups in total. The van der Waals surface area contributed by atoms with Crippen molar-refractivity contribution in [3.05, 3.63) is 54.2 Å².